The predicted octanol–water partition coefficient (Wildman–Crippen LogP) is 2.65. The van der Waals surface area contributed by atoms with Crippen molar-refractivity contribution in [3.8, 4) is 0 Å². The summed E-state index contributed by atoms with van der Waals surface area (Å²) in [5.74, 6) is 0.682. The molecule has 0 saturated heterocycles. The van der Waals surface area contributed by atoms with Gasteiger partial charge in [-0.05, 0) is 25.5 Å². The number of amides is 2. The van der Waals surface area contributed by atoms with Gasteiger partial charge in [0.05, 0.1) is 12.2 Å². The summed E-state index contributed by atoms with van der Waals surface area (Å²) in [5, 5.41) is 14.4. The monoisotopic (exact) mass is 352 g/mol. The Morgan fingerprint density at radius 3 is 2.77 bits per heavy atom. The molecule has 0 bridgehead atoms. The zero-order valence-electron chi connectivity index (χ0n) is 15.4. The van der Waals surface area contributed by atoms with Crippen LogP contribution in [-0.2, 0) is 20.0 Å². The van der Waals surface area contributed by atoms with Crippen LogP contribution in [0.25, 0.3) is 0 Å². The normalized spacial score (nSPS) is 10.7. The lowest BCUT2D eigenvalue weighted by Gasteiger charge is -2.11. The molecule has 2 heterocycles. The van der Waals surface area contributed by atoms with Gasteiger partial charge in [-0.25, -0.2) is 9.48 Å². The molecule has 0 aliphatic heterocycles. The first-order valence-electron chi connectivity index (χ1n) is 8.63. The summed E-state index contributed by atoms with van der Waals surface area (Å²) in [6, 6.07) is 11.8. The number of aromatic nitrogens is 4. The van der Waals surface area contributed by atoms with Gasteiger partial charge in [-0.1, -0.05) is 29.8 Å². The third kappa shape index (κ3) is 4.50. The van der Waals surface area contributed by atoms with Gasteiger partial charge in [0.2, 0.25) is 0 Å². The predicted molar refractivity (Wildman–Crippen MR) is 101 cm³/mol. The number of anilines is 1. The summed E-state index contributed by atoms with van der Waals surface area (Å²) < 4.78 is 3.62. The molecule has 136 valence electrons. The highest BCUT2D eigenvalue weighted by Crippen LogP contribution is 2.14. The minimum atomic E-state index is -0.238. The van der Waals surface area contributed by atoms with E-state index in [-0.39, 0.29) is 6.03 Å². The second kappa shape index (κ2) is 7.86. The van der Waals surface area contributed by atoms with Crippen LogP contribution in [0.2, 0.25) is 0 Å². The van der Waals surface area contributed by atoms with Gasteiger partial charge in [0.15, 0.2) is 0 Å². The summed E-state index contributed by atoms with van der Waals surface area (Å²) in [5.41, 5.74) is 4.29. The summed E-state index contributed by atoms with van der Waals surface area (Å²) in [4.78, 5) is 12.2. The molecular weight excluding hydrogens is 328 g/mol. The van der Waals surface area contributed by atoms with E-state index < -0.39 is 0 Å². The van der Waals surface area contributed by atoms with Crippen molar-refractivity contribution in [2.75, 3.05) is 11.9 Å². The summed E-state index contributed by atoms with van der Waals surface area (Å²) in [6.45, 7) is 5.13. The number of nitrogens with zero attached hydrogens (tertiary/aromatic N) is 4. The van der Waals surface area contributed by atoms with Gasteiger partial charge in [-0.15, -0.1) is 0 Å². The number of hydrogen-bond acceptors (Lipinski definition) is 3. The Kier molecular flexibility index (Phi) is 5.36. The van der Waals surface area contributed by atoms with Gasteiger partial charge in [-0.2, -0.15) is 10.2 Å². The molecule has 7 heteroatoms. The molecule has 0 radical (unpaired) electrons. The fraction of sp³-hybridized carbons (Fsp3) is 0.316. The van der Waals surface area contributed by atoms with Crippen molar-refractivity contribution in [3.05, 3.63) is 65.1 Å². The van der Waals surface area contributed by atoms with Crippen molar-refractivity contribution in [3.63, 3.8) is 0 Å². The molecule has 0 aliphatic carbocycles. The first kappa shape index (κ1) is 17.7. The molecule has 26 heavy (non-hydrogen) atoms. The van der Waals surface area contributed by atoms with E-state index in [1.54, 1.807) is 10.9 Å². The van der Waals surface area contributed by atoms with Crippen LogP contribution in [0.1, 0.15) is 22.5 Å². The van der Waals surface area contributed by atoms with E-state index in [2.05, 4.69) is 46.0 Å². The van der Waals surface area contributed by atoms with Crippen LogP contribution in [0.3, 0.4) is 0 Å². The first-order valence-corrected chi connectivity index (χ1v) is 8.63. The molecule has 2 N–H and O–H groups in total. The zero-order chi connectivity index (χ0) is 18.5. The summed E-state index contributed by atoms with van der Waals surface area (Å²) in [6.07, 6.45) is 2.48. The number of rotatable bonds is 6. The Bertz CT molecular complexity index is 895. The largest absolute Gasteiger partial charge is 0.337 e. The second-order valence-electron chi connectivity index (χ2n) is 6.39. The number of hydrogen-bond donors (Lipinski definition) is 2. The number of benzene rings is 1. The van der Waals surface area contributed by atoms with E-state index in [0.29, 0.717) is 18.9 Å². The second-order valence-corrected chi connectivity index (χ2v) is 6.39. The molecule has 7 nitrogen and oxygen atoms in total. The highest BCUT2D eigenvalue weighted by molar-refractivity contribution is 5.88. The van der Waals surface area contributed by atoms with Gasteiger partial charge in [0.25, 0.3) is 0 Å². The van der Waals surface area contributed by atoms with Crippen molar-refractivity contribution in [2.45, 2.75) is 26.8 Å². The Morgan fingerprint density at radius 1 is 1.19 bits per heavy atom. The minimum absolute atomic E-state index is 0.238. The van der Waals surface area contributed by atoms with Crippen LogP contribution in [0.15, 0.2) is 42.6 Å². The Labute approximate surface area is 153 Å². The van der Waals surface area contributed by atoms with E-state index in [4.69, 9.17) is 0 Å². The van der Waals surface area contributed by atoms with Crippen LogP contribution >= 0.6 is 0 Å². The molecule has 3 aromatic rings. The maximum absolute atomic E-state index is 12.2. The standard InChI is InChI=1S/C19H24N6O/c1-14-5-4-6-16(11-14)13-25-18(12-15(2)23-25)22-19(26)20-9-7-17-8-10-21-24(17)3/h4-6,8,10-12H,7,9,13H2,1-3H3,(H2,20,22,26). The maximum Gasteiger partial charge on any atom is 0.320 e. The molecule has 0 unspecified atom stereocenters. The molecular formula is C19H24N6O. The molecule has 0 saturated carbocycles. The summed E-state index contributed by atoms with van der Waals surface area (Å²) >= 11 is 0. The maximum atomic E-state index is 12.2. The van der Waals surface area contributed by atoms with Crippen LogP contribution in [0, 0.1) is 13.8 Å². The van der Waals surface area contributed by atoms with E-state index in [1.165, 1.54) is 5.56 Å². The number of carbonyl (C=O) groups is 1. The van der Waals surface area contributed by atoms with Gasteiger partial charge in [0.1, 0.15) is 5.82 Å². The van der Waals surface area contributed by atoms with Gasteiger partial charge in [0, 0.05) is 38.0 Å². The fourth-order valence-electron chi connectivity index (χ4n) is 2.86. The SMILES string of the molecule is Cc1cccc(Cn2nc(C)cc2NC(=O)NCCc2ccnn2C)c1. The lowest BCUT2D eigenvalue weighted by atomic mass is 10.1. The quantitative estimate of drug-likeness (QED) is 0.716. The van der Waals surface area contributed by atoms with E-state index in [1.807, 2.05) is 36.9 Å². The van der Waals surface area contributed by atoms with Crippen molar-refractivity contribution < 1.29 is 4.79 Å². The minimum Gasteiger partial charge on any atom is -0.337 e. The van der Waals surface area contributed by atoms with Crippen molar-refractivity contribution >= 4 is 11.8 Å². The Balaban J connectivity index is 1.58. The summed E-state index contributed by atoms with van der Waals surface area (Å²) in [7, 11) is 1.89. The molecule has 0 aliphatic rings. The van der Waals surface area contributed by atoms with Crippen LogP contribution < -0.4 is 10.6 Å². The number of urea groups is 1. The van der Waals surface area contributed by atoms with Gasteiger partial charge in [-0.3, -0.25) is 10.00 Å². The van der Waals surface area contributed by atoms with Crippen molar-refractivity contribution in [1.82, 2.24) is 24.9 Å². The van der Waals surface area contributed by atoms with Crippen molar-refractivity contribution in [2.24, 2.45) is 7.05 Å². The third-order valence-electron chi connectivity index (χ3n) is 4.15. The molecule has 2 amide bonds. The molecule has 2 aromatic heterocycles. The first-order chi connectivity index (χ1) is 12.5. The van der Waals surface area contributed by atoms with E-state index in [9.17, 15) is 4.79 Å². The lowest BCUT2D eigenvalue weighted by Crippen LogP contribution is -2.31. The smallest absolute Gasteiger partial charge is 0.320 e. The molecule has 0 spiro atoms. The number of aryl methyl sites for hydroxylation is 3. The Hall–Kier alpha value is -3.09. The van der Waals surface area contributed by atoms with Crippen LogP contribution in [-0.4, -0.2) is 32.1 Å². The topological polar surface area (TPSA) is 76.8 Å². The van der Waals surface area contributed by atoms with Gasteiger partial charge >= 0.3 is 6.03 Å². The zero-order valence-corrected chi connectivity index (χ0v) is 15.4. The van der Waals surface area contributed by atoms with Gasteiger partial charge < -0.3 is 5.32 Å². The molecule has 3 rings (SSSR count). The highest BCUT2D eigenvalue weighted by atomic mass is 16.2. The van der Waals surface area contributed by atoms with Crippen molar-refractivity contribution in [1.29, 1.82) is 0 Å². The van der Waals surface area contributed by atoms with Crippen LogP contribution in [0.5, 0.6) is 0 Å². The average molecular weight is 352 g/mol. The molecule has 0 fully saturated rings. The Morgan fingerprint density at radius 2 is 2.04 bits per heavy atom. The number of carbonyl (C=O) groups excluding carboxylic acids is 1. The lowest BCUT2D eigenvalue weighted by molar-refractivity contribution is 0.252. The highest BCUT2D eigenvalue weighted by Gasteiger charge is 2.10. The van der Waals surface area contributed by atoms with Crippen LogP contribution in [0.4, 0.5) is 10.6 Å². The molecule has 1 aromatic carbocycles. The molecule has 0 atom stereocenters. The van der Waals surface area contributed by atoms with E-state index in [0.717, 1.165) is 23.4 Å². The number of nitrogens with one attached hydrogen (secondary N) is 2. The average Bonchev–Trinajstić information content (AvgIpc) is 3.13. The van der Waals surface area contributed by atoms with E-state index >= 15 is 0 Å². The third-order valence-corrected chi connectivity index (χ3v) is 4.15. The fourth-order valence-corrected chi connectivity index (χ4v) is 2.86.